The molecule has 186 valence electrons. The molecule has 0 spiro atoms. The van der Waals surface area contributed by atoms with E-state index < -0.39 is 0 Å². The van der Waals surface area contributed by atoms with Crippen LogP contribution in [0.2, 0.25) is 0 Å². The number of rotatable bonds is 7. The molecular weight excluding hydrogens is 442 g/mol. The lowest BCUT2D eigenvalue weighted by Crippen LogP contribution is -2.62. The topological polar surface area (TPSA) is 65.1 Å². The molecule has 2 aliphatic carbocycles. The number of ether oxygens (including phenoxy) is 3. The number of fused-ring (bicyclic) bond motifs is 1. The van der Waals surface area contributed by atoms with E-state index in [0.717, 1.165) is 43.4 Å². The highest BCUT2D eigenvalue weighted by molar-refractivity contribution is 5.69. The number of carbonyl (C=O) groups is 2. The summed E-state index contributed by atoms with van der Waals surface area (Å²) in [6, 6.07) is 16.3. The predicted octanol–water partition coefficient (Wildman–Crippen LogP) is 5.76. The van der Waals surface area contributed by atoms with Crippen LogP contribution in [-0.2, 0) is 32.7 Å². The smallest absolute Gasteiger partial charge is 0.410 e. The normalized spacial score (nSPS) is 24.7. The average Bonchev–Trinajstić information content (AvgIpc) is 2.88. The minimum absolute atomic E-state index is 0.0578. The van der Waals surface area contributed by atoms with Gasteiger partial charge in [0.25, 0.3) is 0 Å². The quantitative estimate of drug-likeness (QED) is 0.375. The Hall–Kier alpha value is -3.02. The van der Waals surface area contributed by atoms with Crippen LogP contribution in [0.3, 0.4) is 0 Å². The molecule has 35 heavy (non-hydrogen) atoms. The van der Waals surface area contributed by atoms with E-state index in [2.05, 4.69) is 12.1 Å². The Labute approximate surface area is 207 Å². The number of amides is 1. The Balaban J connectivity index is 1.33. The first kappa shape index (κ1) is 23.7. The van der Waals surface area contributed by atoms with E-state index in [1.807, 2.05) is 48.2 Å². The predicted molar refractivity (Wildman–Crippen MR) is 132 cm³/mol. The molecule has 2 fully saturated rings. The van der Waals surface area contributed by atoms with Crippen molar-refractivity contribution >= 4 is 12.1 Å². The zero-order valence-electron chi connectivity index (χ0n) is 20.5. The maximum atomic E-state index is 13.2. The molecule has 0 radical (unpaired) electrons. The van der Waals surface area contributed by atoms with Gasteiger partial charge >= 0.3 is 12.1 Å². The molecule has 0 aromatic heterocycles. The summed E-state index contributed by atoms with van der Waals surface area (Å²) >= 11 is 0. The molecule has 6 nitrogen and oxygen atoms in total. The van der Waals surface area contributed by atoms with E-state index in [1.54, 1.807) is 0 Å². The molecule has 1 amide bonds. The molecule has 2 aromatic rings. The number of likely N-dealkylation sites (tertiary alicyclic amines) is 1. The lowest BCUT2D eigenvalue weighted by molar-refractivity contribution is -0.150. The van der Waals surface area contributed by atoms with E-state index in [4.69, 9.17) is 14.2 Å². The van der Waals surface area contributed by atoms with Gasteiger partial charge in [-0.3, -0.25) is 4.79 Å². The molecule has 2 bridgehead atoms. The van der Waals surface area contributed by atoms with Crippen molar-refractivity contribution in [1.29, 1.82) is 0 Å². The molecule has 3 aliphatic rings. The van der Waals surface area contributed by atoms with Crippen LogP contribution in [0.15, 0.2) is 48.5 Å². The molecule has 6 heteroatoms. The minimum atomic E-state index is -0.231. The van der Waals surface area contributed by atoms with Gasteiger partial charge in [-0.05, 0) is 66.8 Å². The number of benzene rings is 2. The third kappa shape index (κ3) is 4.75. The first-order valence-electron chi connectivity index (χ1n) is 13.0. The second kappa shape index (κ2) is 10.3. The first-order valence-corrected chi connectivity index (χ1v) is 13.0. The van der Waals surface area contributed by atoms with Crippen LogP contribution in [0.25, 0.3) is 0 Å². The van der Waals surface area contributed by atoms with Crippen LogP contribution in [0.4, 0.5) is 4.79 Å². The zero-order valence-corrected chi connectivity index (χ0v) is 20.5. The van der Waals surface area contributed by atoms with Gasteiger partial charge in [0.1, 0.15) is 12.4 Å². The van der Waals surface area contributed by atoms with E-state index in [0.29, 0.717) is 25.5 Å². The fourth-order valence-electron chi connectivity index (χ4n) is 6.54. The van der Waals surface area contributed by atoms with Crippen molar-refractivity contribution in [2.24, 2.45) is 5.92 Å². The van der Waals surface area contributed by atoms with Crippen molar-refractivity contribution in [2.45, 2.75) is 76.4 Å². The molecule has 1 saturated carbocycles. The number of hydrogen-bond donors (Lipinski definition) is 0. The van der Waals surface area contributed by atoms with Gasteiger partial charge in [-0.2, -0.15) is 0 Å². The van der Waals surface area contributed by atoms with E-state index in [-0.39, 0.29) is 30.3 Å². The second-order valence-electron chi connectivity index (χ2n) is 10.1. The second-order valence-corrected chi connectivity index (χ2v) is 10.1. The van der Waals surface area contributed by atoms with Crippen LogP contribution < -0.4 is 4.74 Å². The Morgan fingerprint density at radius 2 is 1.91 bits per heavy atom. The molecule has 0 N–H and O–H groups in total. The van der Waals surface area contributed by atoms with Crippen LogP contribution >= 0.6 is 0 Å². The van der Waals surface area contributed by atoms with Crippen molar-refractivity contribution in [1.82, 2.24) is 4.90 Å². The number of carbonyl (C=O) groups excluding carboxylic acids is 2. The fraction of sp³-hybridized carbons (Fsp3) is 0.517. The molecule has 1 heterocycles. The van der Waals surface area contributed by atoms with Gasteiger partial charge in [0.15, 0.2) is 0 Å². The minimum Gasteiger partial charge on any atom is -0.457 e. The summed E-state index contributed by atoms with van der Waals surface area (Å²) in [5, 5.41) is 0. The SMILES string of the molecule is CCCC(=O)OCOc1ccc2c(c1)[C@]13CCCC[C@@H]1[C@H](C2)N(C(=O)OCc1ccccc1)CC3. The fourth-order valence-corrected chi connectivity index (χ4v) is 6.54. The van der Waals surface area contributed by atoms with E-state index in [1.165, 1.54) is 24.0 Å². The summed E-state index contributed by atoms with van der Waals surface area (Å²) < 4.78 is 16.8. The van der Waals surface area contributed by atoms with E-state index in [9.17, 15) is 9.59 Å². The van der Waals surface area contributed by atoms with Gasteiger partial charge in [-0.15, -0.1) is 0 Å². The summed E-state index contributed by atoms with van der Waals surface area (Å²) in [6.07, 6.45) is 7.44. The van der Waals surface area contributed by atoms with Crippen molar-refractivity contribution < 1.29 is 23.8 Å². The van der Waals surface area contributed by atoms with Gasteiger partial charge in [-0.25, -0.2) is 4.79 Å². The Bertz CT molecular complexity index is 1050. The molecule has 1 saturated heterocycles. The third-order valence-electron chi connectivity index (χ3n) is 8.15. The van der Waals surface area contributed by atoms with Crippen molar-refractivity contribution in [3.8, 4) is 5.75 Å². The number of esters is 1. The van der Waals surface area contributed by atoms with Gasteiger partial charge in [0.2, 0.25) is 6.79 Å². The summed E-state index contributed by atoms with van der Waals surface area (Å²) in [5.74, 6) is 0.945. The van der Waals surface area contributed by atoms with Crippen LogP contribution in [0.5, 0.6) is 5.75 Å². The van der Waals surface area contributed by atoms with Crippen molar-refractivity contribution in [3.63, 3.8) is 0 Å². The monoisotopic (exact) mass is 477 g/mol. The van der Waals surface area contributed by atoms with Crippen LogP contribution in [-0.4, -0.2) is 36.3 Å². The van der Waals surface area contributed by atoms with Gasteiger partial charge < -0.3 is 19.1 Å². The number of hydrogen-bond acceptors (Lipinski definition) is 5. The number of piperidine rings is 1. The highest BCUT2D eigenvalue weighted by Crippen LogP contribution is 2.56. The molecule has 5 rings (SSSR count). The molecular formula is C29H35NO5. The molecule has 3 atom stereocenters. The van der Waals surface area contributed by atoms with Crippen molar-refractivity contribution in [2.75, 3.05) is 13.3 Å². The van der Waals surface area contributed by atoms with Gasteiger partial charge in [0.05, 0.1) is 0 Å². The maximum absolute atomic E-state index is 13.2. The lowest BCUT2D eigenvalue weighted by Gasteiger charge is -2.58. The Kier molecular flexibility index (Phi) is 6.98. The lowest BCUT2D eigenvalue weighted by atomic mass is 9.52. The summed E-state index contributed by atoms with van der Waals surface area (Å²) in [5.41, 5.74) is 3.74. The summed E-state index contributed by atoms with van der Waals surface area (Å²) in [4.78, 5) is 26.8. The van der Waals surface area contributed by atoms with Crippen molar-refractivity contribution in [3.05, 3.63) is 65.2 Å². The highest BCUT2D eigenvalue weighted by Gasteiger charge is 2.55. The highest BCUT2D eigenvalue weighted by atomic mass is 16.7. The standard InChI is InChI=1S/C29H35NO5/c1-2-8-27(31)35-20-34-23-13-12-22-17-26-24-11-6-7-14-29(24,25(22)18-23)15-16-30(26)28(32)33-19-21-9-4-3-5-10-21/h3-5,9-10,12-13,18,24,26H,2,6-8,11,14-17,19-20H2,1H3/t24-,26+,29+/m1/s1. The molecule has 1 aliphatic heterocycles. The first-order chi connectivity index (χ1) is 17.1. The Morgan fingerprint density at radius 1 is 1.06 bits per heavy atom. The molecule has 0 unspecified atom stereocenters. The third-order valence-corrected chi connectivity index (χ3v) is 8.15. The van der Waals surface area contributed by atoms with Crippen LogP contribution in [0, 0.1) is 5.92 Å². The van der Waals surface area contributed by atoms with Gasteiger partial charge in [0, 0.05) is 24.4 Å². The Morgan fingerprint density at radius 3 is 2.74 bits per heavy atom. The summed E-state index contributed by atoms with van der Waals surface area (Å²) in [7, 11) is 0. The average molecular weight is 478 g/mol. The largest absolute Gasteiger partial charge is 0.457 e. The summed E-state index contributed by atoms with van der Waals surface area (Å²) in [6.45, 7) is 2.91. The molecule has 2 aromatic carbocycles. The van der Waals surface area contributed by atoms with Crippen LogP contribution in [0.1, 0.15) is 68.6 Å². The maximum Gasteiger partial charge on any atom is 0.410 e. The van der Waals surface area contributed by atoms with Gasteiger partial charge in [-0.1, -0.05) is 56.2 Å². The zero-order chi connectivity index (χ0) is 24.3. The van der Waals surface area contributed by atoms with E-state index >= 15 is 0 Å². The number of nitrogens with zero attached hydrogens (tertiary/aromatic N) is 1.